The van der Waals surface area contributed by atoms with Crippen LogP contribution in [0.1, 0.15) is 31.9 Å². The fraction of sp³-hybridized carbons (Fsp3) is 0.636. The lowest BCUT2D eigenvalue weighted by atomic mass is 10.5. The smallest absolute Gasteiger partial charge is 0.247 e. The molecule has 0 saturated heterocycles. The number of sulfonamides is 1. The van der Waals surface area contributed by atoms with Gasteiger partial charge in [0, 0.05) is 18.7 Å². The molecular formula is C11H16BrNO4S. The summed E-state index contributed by atoms with van der Waals surface area (Å²) in [4.78, 5) is 0.104. The fourth-order valence-corrected chi connectivity index (χ4v) is 4.60. The first-order valence-corrected chi connectivity index (χ1v) is 8.15. The monoisotopic (exact) mass is 337 g/mol. The minimum absolute atomic E-state index is 0.104. The number of halogens is 1. The Morgan fingerprint density at radius 2 is 2.22 bits per heavy atom. The van der Waals surface area contributed by atoms with Gasteiger partial charge in [0.2, 0.25) is 10.0 Å². The van der Waals surface area contributed by atoms with Crippen molar-refractivity contribution in [3.63, 3.8) is 0 Å². The Kier molecular flexibility index (Phi) is 4.15. The Hall–Kier alpha value is -0.370. The molecule has 1 saturated carbocycles. The first-order chi connectivity index (χ1) is 8.50. The second-order valence-electron chi connectivity index (χ2n) is 4.36. The van der Waals surface area contributed by atoms with Crippen molar-refractivity contribution in [2.45, 2.75) is 43.7 Å². The zero-order valence-electron chi connectivity index (χ0n) is 10.1. The zero-order chi connectivity index (χ0) is 13.3. The lowest BCUT2D eigenvalue weighted by molar-refractivity contribution is 0.245. The van der Waals surface area contributed by atoms with E-state index < -0.39 is 10.0 Å². The van der Waals surface area contributed by atoms with Crippen molar-refractivity contribution < 1.29 is 17.9 Å². The Labute approximate surface area is 115 Å². The zero-order valence-corrected chi connectivity index (χ0v) is 12.5. The second-order valence-corrected chi connectivity index (χ2v) is 6.93. The summed E-state index contributed by atoms with van der Waals surface area (Å²) >= 11 is 3.10. The van der Waals surface area contributed by atoms with Gasteiger partial charge in [0.15, 0.2) is 4.67 Å². The molecule has 1 heterocycles. The average molecular weight is 338 g/mol. The van der Waals surface area contributed by atoms with Gasteiger partial charge in [-0.3, -0.25) is 0 Å². The lowest BCUT2D eigenvalue weighted by Crippen LogP contribution is -2.33. The molecule has 0 bridgehead atoms. The molecule has 1 aliphatic carbocycles. The number of hydrogen-bond donors (Lipinski definition) is 1. The van der Waals surface area contributed by atoms with Gasteiger partial charge in [0.1, 0.15) is 17.3 Å². The van der Waals surface area contributed by atoms with Gasteiger partial charge in [0.25, 0.3) is 0 Å². The van der Waals surface area contributed by atoms with Crippen LogP contribution in [0.3, 0.4) is 0 Å². The molecule has 0 aromatic carbocycles. The van der Waals surface area contributed by atoms with E-state index in [1.54, 1.807) is 0 Å². The molecule has 0 radical (unpaired) electrons. The summed E-state index contributed by atoms with van der Waals surface area (Å²) in [6.45, 7) is 2.15. The first kappa shape index (κ1) is 14.0. The van der Waals surface area contributed by atoms with E-state index in [0.29, 0.717) is 6.54 Å². The number of rotatable bonds is 6. The number of aliphatic hydroxyl groups excluding tert-OH is 1. The van der Waals surface area contributed by atoms with Crippen LogP contribution in [0.5, 0.6) is 0 Å². The van der Waals surface area contributed by atoms with Crippen LogP contribution in [0.4, 0.5) is 0 Å². The van der Waals surface area contributed by atoms with Crippen LogP contribution in [0.15, 0.2) is 20.0 Å². The summed E-state index contributed by atoms with van der Waals surface area (Å²) in [7, 11) is -3.54. The van der Waals surface area contributed by atoms with E-state index in [2.05, 4.69) is 15.9 Å². The van der Waals surface area contributed by atoms with Gasteiger partial charge in [-0.2, -0.15) is 4.31 Å². The molecule has 0 aliphatic heterocycles. The highest BCUT2D eigenvalue weighted by molar-refractivity contribution is 9.10. The molecule has 0 unspecified atom stereocenters. The van der Waals surface area contributed by atoms with Crippen LogP contribution < -0.4 is 0 Å². The van der Waals surface area contributed by atoms with Crippen LogP contribution in [0.2, 0.25) is 0 Å². The van der Waals surface area contributed by atoms with Gasteiger partial charge in [-0.25, -0.2) is 8.42 Å². The second kappa shape index (κ2) is 5.32. The van der Waals surface area contributed by atoms with Gasteiger partial charge >= 0.3 is 0 Å². The molecule has 1 aromatic heterocycles. The number of nitrogens with zero attached hydrogens (tertiary/aromatic N) is 1. The van der Waals surface area contributed by atoms with E-state index in [9.17, 15) is 8.42 Å². The van der Waals surface area contributed by atoms with Crippen molar-refractivity contribution >= 4 is 26.0 Å². The topological polar surface area (TPSA) is 70.8 Å². The van der Waals surface area contributed by atoms with E-state index in [-0.39, 0.29) is 28.0 Å². The molecule has 1 fully saturated rings. The molecule has 1 N–H and O–H groups in total. The normalized spacial score (nSPS) is 16.4. The van der Waals surface area contributed by atoms with Gasteiger partial charge < -0.3 is 9.52 Å². The molecule has 5 nitrogen and oxygen atoms in total. The molecule has 0 atom stereocenters. The summed E-state index contributed by atoms with van der Waals surface area (Å²) < 4.78 is 31.8. The summed E-state index contributed by atoms with van der Waals surface area (Å²) in [6.07, 6.45) is 2.61. The van der Waals surface area contributed by atoms with E-state index in [4.69, 9.17) is 9.52 Å². The summed E-state index contributed by atoms with van der Waals surface area (Å²) in [5, 5.41) is 8.98. The summed E-state index contributed by atoms with van der Waals surface area (Å²) in [6, 6.07) is 1.50. The summed E-state index contributed by atoms with van der Waals surface area (Å²) in [5.74, 6) is 0.243. The highest BCUT2D eigenvalue weighted by Crippen LogP contribution is 2.35. The fourth-order valence-electron chi connectivity index (χ4n) is 1.86. The maximum absolute atomic E-state index is 12.5. The van der Waals surface area contributed by atoms with Crippen molar-refractivity contribution in [3.05, 3.63) is 16.5 Å². The van der Waals surface area contributed by atoms with Crippen LogP contribution in [0, 0.1) is 0 Å². The molecule has 0 spiro atoms. The Morgan fingerprint density at radius 3 is 2.67 bits per heavy atom. The molecule has 7 heteroatoms. The van der Waals surface area contributed by atoms with Crippen LogP contribution >= 0.6 is 15.9 Å². The number of aliphatic hydroxyl groups is 1. The van der Waals surface area contributed by atoms with Crippen molar-refractivity contribution in [3.8, 4) is 0 Å². The van der Waals surface area contributed by atoms with E-state index in [1.165, 1.54) is 10.4 Å². The molecule has 1 aliphatic rings. The Balaban J connectivity index is 2.35. The largest absolute Gasteiger partial charge is 0.450 e. The van der Waals surface area contributed by atoms with Crippen LogP contribution in [-0.2, 0) is 16.6 Å². The van der Waals surface area contributed by atoms with Crippen LogP contribution in [0.25, 0.3) is 0 Å². The predicted molar refractivity (Wildman–Crippen MR) is 69.5 cm³/mol. The third-order valence-electron chi connectivity index (χ3n) is 2.85. The molecule has 0 amide bonds. The third-order valence-corrected chi connectivity index (χ3v) is 5.66. The maximum atomic E-state index is 12.5. The van der Waals surface area contributed by atoms with Crippen molar-refractivity contribution in [2.75, 3.05) is 6.54 Å². The number of furan rings is 1. The van der Waals surface area contributed by atoms with Gasteiger partial charge in [-0.15, -0.1) is 0 Å². The van der Waals surface area contributed by atoms with E-state index >= 15 is 0 Å². The molecule has 1 aromatic rings. The highest BCUT2D eigenvalue weighted by atomic mass is 79.9. The SMILES string of the molecule is CCCN(C1CC1)S(=O)(=O)c1cc(CO)oc1Br. The minimum atomic E-state index is -3.54. The average Bonchev–Trinajstić information content (AvgIpc) is 3.08. The summed E-state index contributed by atoms with van der Waals surface area (Å²) in [5.41, 5.74) is 0. The third kappa shape index (κ3) is 2.64. The Morgan fingerprint density at radius 1 is 1.56 bits per heavy atom. The van der Waals surface area contributed by atoms with Gasteiger partial charge in [-0.05, 0) is 35.2 Å². The van der Waals surface area contributed by atoms with Crippen LogP contribution in [-0.4, -0.2) is 30.4 Å². The van der Waals surface area contributed by atoms with Gasteiger partial charge in [0.05, 0.1) is 0 Å². The molecule has 102 valence electrons. The number of hydrogen-bond acceptors (Lipinski definition) is 4. The maximum Gasteiger partial charge on any atom is 0.247 e. The van der Waals surface area contributed by atoms with Crippen molar-refractivity contribution in [1.82, 2.24) is 4.31 Å². The minimum Gasteiger partial charge on any atom is -0.450 e. The van der Waals surface area contributed by atoms with E-state index in [0.717, 1.165) is 19.3 Å². The standard InChI is InChI=1S/C11H16BrNO4S/c1-2-5-13(8-3-4-8)18(15,16)10-6-9(7-14)17-11(10)12/h6,8,14H,2-5,7H2,1H3. The molecule has 18 heavy (non-hydrogen) atoms. The van der Waals surface area contributed by atoms with E-state index in [1.807, 2.05) is 6.92 Å². The molecule has 2 rings (SSSR count). The first-order valence-electron chi connectivity index (χ1n) is 5.91. The quantitative estimate of drug-likeness (QED) is 0.862. The molecular weight excluding hydrogens is 322 g/mol. The van der Waals surface area contributed by atoms with Crippen molar-refractivity contribution in [2.24, 2.45) is 0 Å². The predicted octanol–water partition coefficient (Wildman–Crippen LogP) is 2.10. The highest BCUT2D eigenvalue weighted by Gasteiger charge is 2.39. The van der Waals surface area contributed by atoms with Gasteiger partial charge in [-0.1, -0.05) is 6.92 Å². The lowest BCUT2D eigenvalue weighted by Gasteiger charge is -2.20. The van der Waals surface area contributed by atoms with Crippen molar-refractivity contribution in [1.29, 1.82) is 0 Å². The Bertz CT molecular complexity index is 521.